The molecule has 7 heteroatoms. The fourth-order valence-electron chi connectivity index (χ4n) is 4.44. The molecular formula is C24H26ClN5O. The fraction of sp³-hybridized carbons (Fsp3) is 0.333. The molecule has 1 saturated heterocycles. The molecule has 2 aromatic carbocycles. The average molecular weight is 436 g/mol. The number of rotatable bonds is 5. The number of anilines is 1. The van der Waals surface area contributed by atoms with Crippen molar-refractivity contribution in [1.29, 1.82) is 0 Å². The fourth-order valence-corrected chi connectivity index (χ4v) is 4.61. The van der Waals surface area contributed by atoms with Crippen LogP contribution in [0.2, 0.25) is 5.02 Å². The number of carbonyl (C=O) groups is 1. The second kappa shape index (κ2) is 8.27. The third kappa shape index (κ3) is 4.12. The van der Waals surface area contributed by atoms with E-state index in [1.165, 1.54) is 11.1 Å². The van der Waals surface area contributed by atoms with Gasteiger partial charge >= 0.3 is 0 Å². The molecule has 1 amide bonds. The lowest BCUT2D eigenvalue weighted by molar-refractivity contribution is -0.125. The van der Waals surface area contributed by atoms with Crippen LogP contribution in [0.15, 0.2) is 42.6 Å². The summed E-state index contributed by atoms with van der Waals surface area (Å²) in [6.45, 7) is 4.37. The van der Waals surface area contributed by atoms with E-state index < -0.39 is 0 Å². The number of nitrogens with zero attached hydrogens (tertiary/aromatic N) is 2. The van der Waals surface area contributed by atoms with Crippen LogP contribution in [0.4, 0.5) is 5.95 Å². The van der Waals surface area contributed by atoms with Gasteiger partial charge in [0.15, 0.2) is 0 Å². The molecule has 3 heterocycles. The number of piperidine rings is 1. The van der Waals surface area contributed by atoms with E-state index in [0.29, 0.717) is 6.54 Å². The van der Waals surface area contributed by atoms with Crippen molar-refractivity contribution < 1.29 is 4.79 Å². The molecule has 160 valence electrons. The largest absolute Gasteiger partial charge is 0.361 e. The van der Waals surface area contributed by atoms with Gasteiger partial charge in [-0.25, -0.2) is 4.98 Å². The highest BCUT2D eigenvalue weighted by Gasteiger charge is 2.26. The van der Waals surface area contributed by atoms with Crippen molar-refractivity contribution in [2.24, 2.45) is 5.92 Å². The first-order chi connectivity index (χ1) is 15.1. The zero-order valence-electron chi connectivity index (χ0n) is 17.5. The van der Waals surface area contributed by atoms with Gasteiger partial charge in [-0.05, 0) is 67.6 Å². The van der Waals surface area contributed by atoms with E-state index in [-0.39, 0.29) is 11.8 Å². The number of aryl methyl sites for hydroxylation is 1. The Hall–Kier alpha value is -2.99. The van der Waals surface area contributed by atoms with E-state index in [4.69, 9.17) is 16.6 Å². The number of nitrogens with one attached hydrogen (secondary N) is 3. The molecule has 4 aromatic rings. The number of hydrogen-bond donors (Lipinski definition) is 3. The van der Waals surface area contributed by atoms with E-state index >= 15 is 0 Å². The normalized spacial score (nSPS) is 15.1. The van der Waals surface area contributed by atoms with Crippen molar-refractivity contribution in [3.8, 4) is 0 Å². The first kappa shape index (κ1) is 19.9. The molecule has 0 unspecified atom stereocenters. The number of benzene rings is 2. The van der Waals surface area contributed by atoms with Crippen LogP contribution < -0.4 is 10.2 Å². The molecule has 3 N–H and O–H groups in total. The first-order valence-electron chi connectivity index (χ1n) is 10.8. The van der Waals surface area contributed by atoms with Crippen LogP contribution in [-0.2, 0) is 11.2 Å². The zero-order valence-corrected chi connectivity index (χ0v) is 18.3. The number of fused-ring (bicyclic) bond motifs is 2. The summed E-state index contributed by atoms with van der Waals surface area (Å²) in [5.41, 5.74) is 5.51. The minimum absolute atomic E-state index is 0.0558. The number of H-pyrrole nitrogens is 2. The van der Waals surface area contributed by atoms with E-state index in [0.717, 1.165) is 65.3 Å². The molecule has 0 aliphatic carbocycles. The summed E-state index contributed by atoms with van der Waals surface area (Å²) >= 11 is 6.13. The Balaban J connectivity index is 1.14. The molecule has 1 aliphatic rings. The second-order valence-corrected chi connectivity index (χ2v) is 8.82. The zero-order chi connectivity index (χ0) is 21.4. The molecule has 0 bridgehead atoms. The van der Waals surface area contributed by atoms with Gasteiger partial charge in [0.2, 0.25) is 11.9 Å². The van der Waals surface area contributed by atoms with Gasteiger partial charge in [0.05, 0.1) is 11.0 Å². The van der Waals surface area contributed by atoms with Gasteiger partial charge in [0, 0.05) is 47.7 Å². The summed E-state index contributed by atoms with van der Waals surface area (Å²) in [6.07, 6.45) is 4.46. The highest BCUT2D eigenvalue weighted by Crippen LogP contribution is 2.25. The number of imidazole rings is 1. The minimum atomic E-state index is 0.0558. The van der Waals surface area contributed by atoms with Gasteiger partial charge < -0.3 is 20.2 Å². The Labute approximate surface area is 186 Å². The van der Waals surface area contributed by atoms with Crippen LogP contribution in [0.5, 0.6) is 0 Å². The number of hydrogen-bond acceptors (Lipinski definition) is 3. The standard InChI is InChI=1S/C24H26ClN5O/c1-15-2-4-21-22(12-15)29-24(28-21)30-10-7-16(8-11-30)23(31)26-9-6-17-14-27-20-5-3-18(25)13-19(17)20/h2-5,12-14,16,27H,6-11H2,1H3,(H,26,31)(H,28,29). The minimum Gasteiger partial charge on any atom is -0.361 e. The molecule has 1 aliphatic heterocycles. The summed E-state index contributed by atoms with van der Waals surface area (Å²) in [5, 5.41) is 4.97. The number of halogens is 1. The Morgan fingerprint density at radius 1 is 1.19 bits per heavy atom. The molecule has 1 fully saturated rings. The molecule has 0 saturated carbocycles. The van der Waals surface area contributed by atoms with Crippen molar-refractivity contribution >= 4 is 45.4 Å². The highest BCUT2D eigenvalue weighted by molar-refractivity contribution is 6.31. The second-order valence-electron chi connectivity index (χ2n) is 8.39. The molecule has 0 atom stereocenters. The molecule has 2 aromatic heterocycles. The number of amides is 1. The van der Waals surface area contributed by atoms with E-state index in [1.54, 1.807) is 0 Å². The molecule has 0 spiro atoms. The molecule has 0 radical (unpaired) electrons. The number of aromatic amines is 2. The Morgan fingerprint density at radius 2 is 2.03 bits per heavy atom. The van der Waals surface area contributed by atoms with Gasteiger partial charge in [0.1, 0.15) is 0 Å². The van der Waals surface area contributed by atoms with Gasteiger partial charge in [-0.15, -0.1) is 0 Å². The topological polar surface area (TPSA) is 76.8 Å². The Bertz CT molecular complexity index is 1240. The van der Waals surface area contributed by atoms with Crippen molar-refractivity contribution in [2.45, 2.75) is 26.2 Å². The van der Waals surface area contributed by atoms with Crippen molar-refractivity contribution in [1.82, 2.24) is 20.3 Å². The van der Waals surface area contributed by atoms with Crippen LogP contribution in [-0.4, -0.2) is 40.5 Å². The lowest BCUT2D eigenvalue weighted by Crippen LogP contribution is -2.41. The highest BCUT2D eigenvalue weighted by atomic mass is 35.5. The van der Waals surface area contributed by atoms with Crippen molar-refractivity contribution in [3.05, 3.63) is 58.7 Å². The van der Waals surface area contributed by atoms with E-state index in [9.17, 15) is 4.79 Å². The number of aromatic nitrogens is 3. The molecule has 6 nitrogen and oxygen atoms in total. The van der Waals surface area contributed by atoms with E-state index in [2.05, 4.69) is 39.2 Å². The maximum Gasteiger partial charge on any atom is 0.223 e. The Kier molecular flexibility index (Phi) is 5.32. The maximum absolute atomic E-state index is 12.7. The van der Waals surface area contributed by atoms with Gasteiger partial charge in [-0.3, -0.25) is 4.79 Å². The first-order valence-corrected chi connectivity index (χ1v) is 11.2. The predicted octanol–water partition coefficient (Wildman–Crippen LogP) is 4.58. The smallest absolute Gasteiger partial charge is 0.223 e. The predicted molar refractivity (Wildman–Crippen MR) is 126 cm³/mol. The summed E-state index contributed by atoms with van der Waals surface area (Å²) < 4.78 is 0. The number of carbonyl (C=O) groups excluding carboxylic acids is 1. The van der Waals surface area contributed by atoms with Gasteiger partial charge in [0.25, 0.3) is 0 Å². The summed E-state index contributed by atoms with van der Waals surface area (Å²) in [4.78, 5) is 26.3. The van der Waals surface area contributed by atoms with Crippen LogP contribution in [0.1, 0.15) is 24.0 Å². The van der Waals surface area contributed by atoms with E-state index in [1.807, 2.05) is 30.5 Å². The van der Waals surface area contributed by atoms with Crippen LogP contribution in [0.25, 0.3) is 21.9 Å². The monoisotopic (exact) mass is 435 g/mol. The molecular weight excluding hydrogens is 410 g/mol. The average Bonchev–Trinajstić information content (AvgIpc) is 3.37. The van der Waals surface area contributed by atoms with Crippen LogP contribution >= 0.6 is 11.6 Å². The lowest BCUT2D eigenvalue weighted by atomic mass is 9.96. The van der Waals surface area contributed by atoms with Crippen molar-refractivity contribution in [2.75, 3.05) is 24.5 Å². The lowest BCUT2D eigenvalue weighted by Gasteiger charge is -2.31. The van der Waals surface area contributed by atoms with Gasteiger partial charge in [-0.2, -0.15) is 0 Å². The third-order valence-electron chi connectivity index (χ3n) is 6.21. The summed E-state index contributed by atoms with van der Waals surface area (Å²) in [6, 6.07) is 12.1. The van der Waals surface area contributed by atoms with Crippen LogP contribution in [0.3, 0.4) is 0 Å². The van der Waals surface area contributed by atoms with Gasteiger partial charge in [-0.1, -0.05) is 17.7 Å². The summed E-state index contributed by atoms with van der Waals surface area (Å²) in [7, 11) is 0. The SMILES string of the molecule is Cc1ccc2nc(N3CCC(C(=O)NCCc4c[nH]c5ccc(Cl)cc45)CC3)[nH]c2c1. The van der Waals surface area contributed by atoms with Crippen molar-refractivity contribution in [3.63, 3.8) is 0 Å². The van der Waals surface area contributed by atoms with Crippen LogP contribution in [0, 0.1) is 12.8 Å². The quantitative estimate of drug-likeness (QED) is 0.429. The molecule has 5 rings (SSSR count). The summed E-state index contributed by atoms with van der Waals surface area (Å²) in [5.74, 6) is 1.11. The Morgan fingerprint density at radius 3 is 2.87 bits per heavy atom. The maximum atomic E-state index is 12.7. The molecule has 31 heavy (non-hydrogen) atoms. The third-order valence-corrected chi connectivity index (χ3v) is 6.45.